The molecule has 6 nitrogen and oxygen atoms in total. The maximum absolute atomic E-state index is 12.4. The van der Waals surface area contributed by atoms with Crippen LogP contribution < -0.4 is 15.4 Å². The molecule has 25 heavy (non-hydrogen) atoms. The molecule has 2 N–H and O–H groups in total. The van der Waals surface area contributed by atoms with Crippen LogP contribution in [0.5, 0.6) is 5.75 Å². The van der Waals surface area contributed by atoms with Crippen LogP contribution in [0, 0.1) is 0 Å². The van der Waals surface area contributed by atoms with Crippen LogP contribution in [-0.2, 0) is 11.3 Å². The fourth-order valence-corrected chi connectivity index (χ4v) is 3.14. The van der Waals surface area contributed by atoms with Gasteiger partial charge in [0, 0.05) is 10.9 Å². The Labute approximate surface area is 155 Å². The summed E-state index contributed by atoms with van der Waals surface area (Å²) in [7, 11) is 1.57. The Morgan fingerprint density at radius 1 is 1.32 bits per heavy atom. The van der Waals surface area contributed by atoms with Crippen molar-refractivity contribution >= 4 is 34.9 Å². The van der Waals surface area contributed by atoms with Crippen molar-refractivity contribution in [2.24, 2.45) is 0 Å². The molecule has 0 spiro atoms. The first-order valence-corrected chi connectivity index (χ1v) is 10.1. The zero-order valence-corrected chi connectivity index (χ0v) is 15.8. The summed E-state index contributed by atoms with van der Waals surface area (Å²) in [4.78, 5) is 29.0. The molecular formula is C17H21N3O3S2. The normalized spacial score (nSPS) is 11.6. The van der Waals surface area contributed by atoms with Gasteiger partial charge >= 0.3 is 0 Å². The van der Waals surface area contributed by atoms with Crippen molar-refractivity contribution in [2.75, 3.05) is 19.1 Å². The minimum absolute atomic E-state index is 0.205. The second-order valence-corrected chi connectivity index (χ2v) is 6.94. The second-order valence-electron chi connectivity index (χ2n) is 5.23. The van der Waals surface area contributed by atoms with Gasteiger partial charge in [-0.3, -0.25) is 9.59 Å². The third-order valence-corrected chi connectivity index (χ3v) is 4.79. The zero-order valence-electron chi connectivity index (χ0n) is 14.2. The van der Waals surface area contributed by atoms with E-state index in [9.17, 15) is 9.59 Å². The summed E-state index contributed by atoms with van der Waals surface area (Å²) >= 11 is 3.11. The Morgan fingerprint density at radius 3 is 2.68 bits per heavy atom. The number of aromatic nitrogens is 1. The lowest BCUT2D eigenvalue weighted by Gasteiger charge is -2.18. The molecule has 0 aliphatic heterocycles. The van der Waals surface area contributed by atoms with Gasteiger partial charge in [0.15, 0.2) is 0 Å². The van der Waals surface area contributed by atoms with E-state index in [2.05, 4.69) is 15.6 Å². The fraction of sp³-hybridized carbons (Fsp3) is 0.353. The van der Waals surface area contributed by atoms with Gasteiger partial charge in [-0.2, -0.15) is 11.8 Å². The Bertz CT molecular complexity index is 675. The summed E-state index contributed by atoms with van der Waals surface area (Å²) in [5, 5.41) is 7.52. The number of rotatable bonds is 9. The van der Waals surface area contributed by atoms with E-state index in [1.165, 1.54) is 11.3 Å². The van der Waals surface area contributed by atoms with E-state index in [4.69, 9.17) is 4.74 Å². The van der Waals surface area contributed by atoms with Crippen molar-refractivity contribution < 1.29 is 14.3 Å². The van der Waals surface area contributed by atoms with Crippen LogP contribution in [0.25, 0.3) is 0 Å². The van der Waals surface area contributed by atoms with Gasteiger partial charge in [-0.25, -0.2) is 4.98 Å². The van der Waals surface area contributed by atoms with Crippen LogP contribution in [0.3, 0.4) is 0 Å². The largest absolute Gasteiger partial charge is 0.497 e. The predicted octanol–water partition coefficient (Wildman–Crippen LogP) is 2.32. The Balaban J connectivity index is 1.97. The number of thioether (sulfide) groups is 1. The van der Waals surface area contributed by atoms with Crippen LogP contribution in [0.1, 0.15) is 22.5 Å². The summed E-state index contributed by atoms with van der Waals surface area (Å²) in [5.41, 5.74) is 3.02. The van der Waals surface area contributed by atoms with Gasteiger partial charge in [0.2, 0.25) is 5.91 Å². The molecule has 0 aliphatic rings. The van der Waals surface area contributed by atoms with Crippen LogP contribution in [0.2, 0.25) is 0 Å². The number of thiazole rings is 1. The molecule has 0 aliphatic carbocycles. The monoisotopic (exact) mass is 379 g/mol. The molecule has 1 atom stereocenters. The van der Waals surface area contributed by atoms with E-state index in [0.29, 0.717) is 24.3 Å². The van der Waals surface area contributed by atoms with Crippen molar-refractivity contribution in [1.29, 1.82) is 0 Å². The van der Waals surface area contributed by atoms with E-state index >= 15 is 0 Å². The summed E-state index contributed by atoms with van der Waals surface area (Å²) in [5.74, 6) is 0.968. The SMILES string of the molecule is COc1ccc(C(=O)NC(CCSC)C(=O)NCc2cscn2)cc1. The number of nitrogens with one attached hydrogen (secondary N) is 2. The predicted molar refractivity (Wildman–Crippen MR) is 101 cm³/mol. The smallest absolute Gasteiger partial charge is 0.251 e. The summed E-state index contributed by atoms with van der Waals surface area (Å²) in [6, 6.07) is 6.20. The number of nitrogens with zero attached hydrogens (tertiary/aromatic N) is 1. The summed E-state index contributed by atoms with van der Waals surface area (Å²) < 4.78 is 5.09. The Kier molecular flexibility index (Phi) is 7.75. The number of methoxy groups -OCH3 is 1. The quantitative estimate of drug-likeness (QED) is 0.699. The average Bonchev–Trinajstić information content (AvgIpc) is 3.16. The topological polar surface area (TPSA) is 80.3 Å². The van der Waals surface area contributed by atoms with Gasteiger partial charge in [0.05, 0.1) is 24.9 Å². The van der Waals surface area contributed by atoms with E-state index in [-0.39, 0.29) is 11.8 Å². The van der Waals surface area contributed by atoms with Gasteiger partial charge in [0.1, 0.15) is 11.8 Å². The molecule has 2 amide bonds. The molecule has 1 aromatic carbocycles. The molecule has 1 heterocycles. The summed E-state index contributed by atoms with van der Waals surface area (Å²) in [6.45, 7) is 0.358. The number of amides is 2. The molecule has 2 aromatic rings. The maximum atomic E-state index is 12.4. The molecule has 134 valence electrons. The molecule has 0 radical (unpaired) electrons. The van der Waals surface area contributed by atoms with Crippen LogP contribution in [0.4, 0.5) is 0 Å². The first-order chi connectivity index (χ1) is 12.1. The van der Waals surface area contributed by atoms with E-state index in [0.717, 1.165) is 11.4 Å². The van der Waals surface area contributed by atoms with Gasteiger partial charge in [-0.1, -0.05) is 0 Å². The lowest BCUT2D eigenvalue weighted by Crippen LogP contribution is -2.46. The number of ether oxygens (including phenoxy) is 1. The Hall–Kier alpha value is -2.06. The third kappa shape index (κ3) is 6.06. The first kappa shape index (κ1) is 19.3. The number of hydrogen-bond acceptors (Lipinski definition) is 6. The highest BCUT2D eigenvalue weighted by Gasteiger charge is 2.21. The highest BCUT2D eigenvalue weighted by molar-refractivity contribution is 7.98. The molecule has 2 rings (SSSR count). The molecule has 1 unspecified atom stereocenters. The van der Waals surface area contributed by atoms with Gasteiger partial charge in [-0.15, -0.1) is 11.3 Å². The van der Waals surface area contributed by atoms with Crippen molar-refractivity contribution in [3.63, 3.8) is 0 Å². The van der Waals surface area contributed by atoms with Crippen LogP contribution >= 0.6 is 23.1 Å². The van der Waals surface area contributed by atoms with Gasteiger partial charge in [0.25, 0.3) is 5.91 Å². The van der Waals surface area contributed by atoms with E-state index in [1.54, 1.807) is 48.6 Å². The van der Waals surface area contributed by atoms with Crippen molar-refractivity contribution in [3.05, 3.63) is 46.4 Å². The minimum atomic E-state index is -0.583. The number of carbonyl (C=O) groups is 2. The van der Waals surface area contributed by atoms with Crippen LogP contribution in [-0.4, -0.2) is 42.0 Å². The molecular weight excluding hydrogens is 358 g/mol. The molecule has 1 aromatic heterocycles. The van der Waals surface area contributed by atoms with Gasteiger partial charge in [-0.05, 0) is 42.7 Å². The van der Waals surface area contributed by atoms with E-state index < -0.39 is 6.04 Å². The van der Waals surface area contributed by atoms with Crippen molar-refractivity contribution in [3.8, 4) is 5.75 Å². The fourth-order valence-electron chi connectivity index (χ4n) is 2.11. The lowest BCUT2D eigenvalue weighted by molar-refractivity contribution is -0.123. The standard InChI is InChI=1S/C17H21N3O3S2/c1-23-14-5-3-12(4-6-14)16(21)20-15(7-8-24-2)17(22)18-9-13-10-25-11-19-13/h3-6,10-11,15H,7-9H2,1-2H3,(H,18,22)(H,20,21). The minimum Gasteiger partial charge on any atom is -0.497 e. The highest BCUT2D eigenvalue weighted by Crippen LogP contribution is 2.12. The number of benzene rings is 1. The molecule has 0 fully saturated rings. The zero-order chi connectivity index (χ0) is 18.1. The molecule has 8 heteroatoms. The van der Waals surface area contributed by atoms with Gasteiger partial charge < -0.3 is 15.4 Å². The molecule has 0 saturated carbocycles. The third-order valence-electron chi connectivity index (χ3n) is 3.51. The summed E-state index contributed by atoms with van der Waals surface area (Å²) in [6.07, 6.45) is 2.53. The second kappa shape index (κ2) is 10.0. The molecule has 0 bridgehead atoms. The lowest BCUT2D eigenvalue weighted by atomic mass is 10.1. The Morgan fingerprint density at radius 2 is 2.08 bits per heavy atom. The van der Waals surface area contributed by atoms with Crippen LogP contribution in [0.15, 0.2) is 35.2 Å². The number of hydrogen-bond donors (Lipinski definition) is 2. The van der Waals surface area contributed by atoms with Crippen molar-refractivity contribution in [1.82, 2.24) is 15.6 Å². The first-order valence-electron chi connectivity index (χ1n) is 7.72. The molecule has 0 saturated heterocycles. The van der Waals surface area contributed by atoms with E-state index in [1.807, 2.05) is 11.6 Å². The highest BCUT2D eigenvalue weighted by atomic mass is 32.2. The maximum Gasteiger partial charge on any atom is 0.251 e. The average molecular weight is 380 g/mol. The number of carbonyl (C=O) groups excluding carboxylic acids is 2. The van der Waals surface area contributed by atoms with Crippen molar-refractivity contribution in [2.45, 2.75) is 19.0 Å².